The van der Waals surface area contributed by atoms with E-state index in [9.17, 15) is 9.59 Å². The molecule has 0 aromatic rings. The Hall–Kier alpha value is -1.32. The van der Waals surface area contributed by atoms with E-state index in [0.29, 0.717) is 29.8 Å². The van der Waals surface area contributed by atoms with Gasteiger partial charge in [-0.2, -0.15) is 0 Å². The lowest BCUT2D eigenvalue weighted by Crippen LogP contribution is -2.63. The molecule has 0 saturated heterocycles. The summed E-state index contributed by atoms with van der Waals surface area (Å²) < 4.78 is 11.5. The number of esters is 2. The molecule has 4 heteroatoms. The second kappa shape index (κ2) is 8.84. The third-order valence-electron chi connectivity index (χ3n) is 13.5. The number of fused-ring (bicyclic) bond motifs is 7. The van der Waals surface area contributed by atoms with Crippen molar-refractivity contribution in [2.24, 2.45) is 50.2 Å². The average molecular weight is 527 g/mol. The summed E-state index contributed by atoms with van der Waals surface area (Å²) in [4.78, 5) is 23.6. The van der Waals surface area contributed by atoms with E-state index in [1.807, 2.05) is 0 Å². The van der Waals surface area contributed by atoms with E-state index in [1.54, 1.807) is 19.4 Å². The molecule has 5 aliphatic carbocycles. The molecule has 38 heavy (non-hydrogen) atoms. The van der Waals surface area contributed by atoms with Crippen molar-refractivity contribution in [3.8, 4) is 0 Å². The van der Waals surface area contributed by atoms with Crippen LogP contribution < -0.4 is 0 Å². The molecule has 9 atom stereocenters. The summed E-state index contributed by atoms with van der Waals surface area (Å²) in [6, 6.07) is 0. The summed E-state index contributed by atoms with van der Waals surface area (Å²) in [6.45, 7) is 21.1. The maximum absolute atomic E-state index is 11.9. The largest absolute Gasteiger partial charge is 0.465 e. The van der Waals surface area contributed by atoms with Crippen LogP contribution in [-0.4, -0.2) is 24.6 Å². The molecule has 4 saturated carbocycles. The van der Waals surface area contributed by atoms with Gasteiger partial charge in [-0.15, -0.1) is 0 Å². The average Bonchev–Trinajstić information content (AvgIpc) is 2.80. The van der Waals surface area contributed by atoms with Crippen LogP contribution in [0.3, 0.4) is 0 Å². The Morgan fingerprint density at radius 1 is 0.789 bits per heavy atom. The Morgan fingerprint density at radius 3 is 2.05 bits per heavy atom. The molecular weight excluding hydrogens is 472 g/mol. The molecule has 0 bridgehead atoms. The predicted octanol–water partition coefficient (Wildman–Crippen LogP) is 8.28. The number of carbonyl (C=O) groups excluding carboxylic acids is 2. The van der Waals surface area contributed by atoms with Crippen LogP contribution in [0.25, 0.3) is 0 Å². The minimum atomic E-state index is -0.153. The highest BCUT2D eigenvalue weighted by molar-refractivity contribution is 5.66. The highest BCUT2D eigenvalue weighted by Crippen LogP contribution is 2.75. The predicted molar refractivity (Wildman–Crippen MR) is 151 cm³/mol. The summed E-state index contributed by atoms with van der Waals surface area (Å²) in [5.41, 5.74) is 2.89. The van der Waals surface area contributed by atoms with Crippen LogP contribution in [-0.2, 0) is 19.1 Å². The van der Waals surface area contributed by atoms with Crippen molar-refractivity contribution in [2.45, 2.75) is 133 Å². The fraction of sp³-hybridized carbons (Fsp3) is 0.882. The molecule has 0 amide bonds. The molecule has 0 heterocycles. The minimum Gasteiger partial charge on any atom is -0.465 e. The highest BCUT2D eigenvalue weighted by Gasteiger charge is 2.67. The van der Waals surface area contributed by atoms with Crippen molar-refractivity contribution in [1.29, 1.82) is 0 Å². The zero-order chi connectivity index (χ0) is 27.9. The smallest absolute Gasteiger partial charge is 0.302 e. The SMILES string of the molecule is CC(=O)OC[C@]1(C)CC[C@]2(C)CC=C3[C@]4(C)CC[C@@H]5C(C)(C)[C@@H](OC(C)=O)CC[C@]5(C)[C@@H]4CC[C@@]3(C)[C@@H]2C1. The van der Waals surface area contributed by atoms with E-state index in [1.165, 1.54) is 38.5 Å². The third kappa shape index (κ3) is 4.04. The number of hydrogen-bond donors (Lipinski definition) is 0. The number of ether oxygens (including phenoxy) is 2. The lowest BCUT2D eigenvalue weighted by atomic mass is 9.34. The first-order chi connectivity index (χ1) is 17.5. The Kier molecular flexibility index (Phi) is 6.56. The number of hydrogen-bond acceptors (Lipinski definition) is 4. The van der Waals surface area contributed by atoms with Crippen LogP contribution in [0.15, 0.2) is 11.6 Å². The van der Waals surface area contributed by atoms with Crippen LogP contribution >= 0.6 is 0 Å². The van der Waals surface area contributed by atoms with Gasteiger partial charge in [0.25, 0.3) is 0 Å². The topological polar surface area (TPSA) is 52.6 Å². The van der Waals surface area contributed by atoms with E-state index in [0.717, 1.165) is 25.7 Å². The van der Waals surface area contributed by atoms with Gasteiger partial charge in [0.15, 0.2) is 0 Å². The van der Waals surface area contributed by atoms with Gasteiger partial charge in [0.2, 0.25) is 0 Å². The van der Waals surface area contributed by atoms with E-state index in [2.05, 4.69) is 54.5 Å². The molecule has 0 aromatic heterocycles. The van der Waals surface area contributed by atoms with E-state index < -0.39 is 0 Å². The fourth-order valence-corrected chi connectivity index (χ4v) is 11.6. The van der Waals surface area contributed by atoms with Crippen molar-refractivity contribution >= 4 is 11.9 Å². The molecule has 5 aliphatic rings. The summed E-state index contributed by atoms with van der Waals surface area (Å²) in [5.74, 6) is 1.59. The Morgan fingerprint density at radius 2 is 1.42 bits per heavy atom. The summed E-state index contributed by atoms with van der Waals surface area (Å²) in [5, 5.41) is 0. The lowest BCUT2D eigenvalue weighted by molar-refractivity contribution is -0.199. The zero-order valence-electron chi connectivity index (χ0n) is 25.8. The van der Waals surface area contributed by atoms with Crippen molar-refractivity contribution < 1.29 is 19.1 Å². The molecule has 0 radical (unpaired) electrons. The molecule has 214 valence electrons. The van der Waals surface area contributed by atoms with Crippen molar-refractivity contribution in [3.63, 3.8) is 0 Å². The quantitative estimate of drug-likeness (QED) is 0.274. The van der Waals surface area contributed by atoms with E-state index >= 15 is 0 Å². The molecule has 5 rings (SSSR count). The maximum atomic E-state index is 11.9. The van der Waals surface area contributed by atoms with Crippen LogP contribution in [0, 0.1) is 50.2 Å². The fourth-order valence-electron chi connectivity index (χ4n) is 11.6. The van der Waals surface area contributed by atoms with Gasteiger partial charge in [0.1, 0.15) is 6.10 Å². The zero-order valence-corrected chi connectivity index (χ0v) is 25.8. The van der Waals surface area contributed by atoms with Crippen molar-refractivity contribution in [1.82, 2.24) is 0 Å². The Labute approximate surface area is 232 Å². The van der Waals surface area contributed by atoms with E-state index in [-0.39, 0.29) is 45.1 Å². The van der Waals surface area contributed by atoms with Gasteiger partial charge >= 0.3 is 11.9 Å². The number of allylic oxidation sites excluding steroid dienone is 2. The van der Waals surface area contributed by atoms with Crippen LogP contribution in [0.1, 0.15) is 127 Å². The van der Waals surface area contributed by atoms with Crippen LogP contribution in [0.4, 0.5) is 0 Å². The van der Waals surface area contributed by atoms with Gasteiger partial charge in [-0.25, -0.2) is 0 Å². The van der Waals surface area contributed by atoms with Gasteiger partial charge in [0.05, 0.1) is 6.61 Å². The first-order valence-electron chi connectivity index (χ1n) is 15.5. The second-order valence-corrected chi connectivity index (χ2v) is 16.3. The summed E-state index contributed by atoms with van der Waals surface area (Å²) >= 11 is 0. The minimum absolute atomic E-state index is 0.00215. The Bertz CT molecular complexity index is 1030. The van der Waals surface area contributed by atoms with Gasteiger partial charge in [-0.05, 0) is 104 Å². The third-order valence-corrected chi connectivity index (χ3v) is 13.5. The van der Waals surface area contributed by atoms with Gasteiger partial charge in [-0.3, -0.25) is 9.59 Å². The summed E-state index contributed by atoms with van der Waals surface area (Å²) in [6.07, 6.45) is 14.6. The normalized spacial score (nSPS) is 49.3. The molecule has 0 aliphatic heterocycles. The van der Waals surface area contributed by atoms with Gasteiger partial charge < -0.3 is 9.47 Å². The molecule has 4 nitrogen and oxygen atoms in total. The Balaban J connectivity index is 1.47. The van der Waals surface area contributed by atoms with Gasteiger partial charge in [0, 0.05) is 24.7 Å². The molecule has 0 unspecified atom stereocenters. The standard InChI is InChI=1S/C34H54O4/c1-22(35)37-21-30(5)18-19-31(6)14-10-25-33(8)15-11-24-29(3,4)28(38-23(2)36)13-17-32(24,7)26(33)12-16-34(25,9)27(31)20-30/h10,24,26-28H,11-21H2,1-9H3/t24-,26+,27-,28+,30-,31+,32+,33+,34-/m1/s1. The molecule has 0 N–H and O–H groups in total. The molecule has 0 spiro atoms. The first kappa shape index (κ1) is 28.2. The second-order valence-electron chi connectivity index (χ2n) is 16.3. The lowest BCUT2D eigenvalue weighted by Gasteiger charge is -2.70. The first-order valence-corrected chi connectivity index (χ1v) is 15.5. The van der Waals surface area contributed by atoms with Crippen LogP contribution in [0.5, 0.6) is 0 Å². The maximum Gasteiger partial charge on any atom is 0.302 e. The molecule has 4 fully saturated rings. The van der Waals surface area contributed by atoms with E-state index in [4.69, 9.17) is 9.47 Å². The van der Waals surface area contributed by atoms with Crippen molar-refractivity contribution in [2.75, 3.05) is 6.61 Å². The molecule has 0 aromatic carbocycles. The molecular formula is C34H54O4. The number of rotatable bonds is 3. The number of carbonyl (C=O) groups is 2. The monoisotopic (exact) mass is 526 g/mol. The highest BCUT2D eigenvalue weighted by atomic mass is 16.5. The van der Waals surface area contributed by atoms with Crippen LogP contribution in [0.2, 0.25) is 0 Å². The van der Waals surface area contributed by atoms with Crippen molar-refractivity contribution in [3.05, 3.63) is 11.6 Å². The summed E-state index contributed by atoms with van der Waals surface area (Å²) in [7, 11) is 0. The van der Waals surface area contributed by atoms with Gasteiger partial charge in [-0.1, -0.05) is 60.1 Å².